The van der Waals surface area contributed by atoms with Crippen molar-refractivity contribution in [1.29, 1.82) is 0 Å². The predicted octanol–water partition coefficient (Wildman–Crippen LogP) is 1.23. The van der Waals surface area contributed by atoms with Crippen LogP contribution >= 0.6 is 0 Å². The van der Waals surface area contributed by atoms with Crippen molar-refractivity contribution in [1.82, 2.24) is 9.97 Å². The molecule has 0 aliphatic heterocycles. The SMILES string of the molecule is [c]1ccc2n[c]ccc2n1. The van der Waals surface area contributed by atoms with Gasteiger partial charge in [0.25, 0.3) is 0 Å². The van der Waals surface area contributed by atoms with Gasteiger partial charge >= 0.3 is 0 Å². The van der Waals surface area contributed by atoms with Gasteiger partial charge in [0.2, 0.25) is 0 Å². The number of nitrogens with zero attached hydrogens (tertiary/aromatic N) is 2. The molecule has 0 bridgehead atoms. The van der Waals surface area contributed by atoms with Crippen molar-refractivity contribution in [3.63, 3.8) is 0 Å². The molecular weight excluding hydrogens is 124 g/mol. The summed E-state index contributed by atoms with van der Waals surface area (Å²) in [6.45, 7) is 0. The molecule has 0 unspecified atom stereocenters. The molecule has 0 saturated heterocycles. The van der Waals surface area contributed by atoms with E-state index in [2.05, 4.69) is 22.4 Å². The lowest BCUT2D eigenvalue weighted by atomic mass is 10.3. The van der Waals surface area contributed by atoms with Crippen LogP contribution in [0.1, 0.15) is 0 Å². The monoisotopic (exact) mass is 128 g/mol. The summed E-state index contributed by atoms with van der Waals surface area (Å²) in [4.78, 5) is 7.95. The smallest absolute Gasteiger partial charge is 0.0895 e. The molecule has 2 nitrogen and oxygen atoms in total. The first-order chi connectivity index (χ1) is 4.97. The fourth-order valence-electron chi connectivity index (χ4n) is 0.806. The molecule has 0 fully saturated rings. The summed E-state index contributed by atoms with van der Waals surface area (Å²) in [5, 5.41) is 0. The van der Waals surface area contributed by atoms with E-state index in [1.54, 1.807) is 12.1 Å². The summed E-state index contributed by atoms with van der Waals surface area (Å²) in [6.07, 6.45) is 5.46. The Balaban J connectivity index is 2.89. The van der Waals surface area contributed by atoms with Crippen LogP contribution in [0.3, 0.4) is 0 Å². The zero-order valence-electron chi connectivity index (χ0n) is 5.20. The van der Waals surface area contributed by atoms with Crippen LogP contribution in [-0.2, 0) is 0 Å². The Morgan fingerprint density at radius 1 is 0.900 bits per heavy atom. The van der Waals surface area contributed by atoms with Gasteiger partial charge in [0.05, 0.1) is 23.4 Å². The van der Waals surface area contributed by atoms with E-state index < -0.39 is 0 Å². The molecule has 0 amide bonds. The third-order valence-corrected chi connectivity index (χ3v) is 1.26. The molecule has 46 valence electrons. The summed E-state index contributed by atoms with van der Waals surface area (Å²) in [5.74, 6) is 0. The van der Waals surface area contributed by atoms with Gasteiger partial charge < -0.3 is 0 Å². The Morgan fingerprint density at radius 2 is 1.40 bits per heavy atom. The number of pyridine rings is 2. The van der Waals surface area contributed by atoms with Crippen LogP contribution in [0.15, 0.2) is 24.3 Å². The number of hydrogen-bond donors (Lipinski definition) is 0. The van der Waals surface area contributed by atoms with Crippen LogP contribution in [0.25, 0.3) is 11.0 Å². The Labute approximate surface area is 58.6 Å². The Bertz CT molecular complexity index is 278. The highest BCUT2D eigenvalue weighted by atomic mass is 14.7. The second-order valence-corrected chi connectivity index (χ2v) is 1.92. The van der Waals surface area contributed by atoms with Gasteiger partial charge in [0.1, 0.15) is 0 Å². The highest BCUT2D eigenvalue weighted by molar-refractivity contribution is 5.72. The summed E-state index contributed by atoms with van der Waals surface area (Å²) in [6, 6.07) is 7.20. The molecule has 2 radical (unpaired) electrons. The minimum atomic E-state index is 0.862. The first-order valence-electron chi connectivity index (χ1n) is 2.97. The molecule has 2 heteroatoms. The quantitative estimate of drug-likeness (QED) is 0.533. The normalized spacial score (nSPS) is 10.0. The minimum absolute atomic E-state index is 0.862. The van der Waals surface area contributed by atoms with Gasteiger partial charge in [0, 0.05) is 0 Å². The largest absolute Gasteiger partial charge is 0.245 e. The predicted molar refractivity (Wildman–Crippen MR) is 37.2 cm³/mol. The molecule has 10 heavy (non-hydrogen) atoms. The summed E-state index contributed by atoms with van der Waals surface area (Å²) < 4.78 is 0. The van der Waals surface area contributed by atoms with Gasteiger partial charge in [-0.1, -0.05) is 0 Å². The second kappa shape index (κ2) is 2.06. The van der Waals surface area contributed by atoms with Crippen molar-refractivity contribution in [3.05, 3.63) is 36.7 Å². The second-order valence-electron chi connectivity index (χ2n) is 1.92. The Kier molecular flexibility index (Phi) is 1.10. The van der Waals surface area contributed by atoms with E-state index in [1.165, 1.54) is 0 Å². The molecule has 0 aliphatic rings. The molecule has 2 aromatic rings. The Morgan fingerprint density at radius 3 is 1.90 bits per heavy atom. The molecule has 0 N–H and O–H groups in total. The van der Waals surface area contributed by atoms with E-state index in [1.807, 2.05) is 12.1 Å². The summed E-state index contributed by atoms with van der Waals surface area (Å²) in [5.41, 5.74) is 1.72. The van der Waals surface area contributed by atoms with Crippen LogP contribution < -0.4 is 0 Å². The lowest BCUT2D eigenvalue weighted by Crippen LogP contribution is -1.79. The lowest BCUT2D eigenvalue weighted by molar-refractivity contribution is 1.32. The molecular formula is C8H4N2. The average molecular weight is 128 g/mol. The van der Waals surface area contributed by atoms with Gasteiger partial charge in [-0.2, -0.15) is 0 Å². The number of fused-ring (bicyclic) bond motifs is 1. The van der Waals surface area contributed by atoms with Crippen LogP contribution in [0.4, 0.5) is 0 Å². The van der Waals surface area contributed by atoms with Gasteiger partial charge in [-0.15, -0.1) is 0 Å². The molecule has 0 spiro atoms. The van der Waals surface area contributed by atoms with Crippen LogP contribution in [0.2, 0.25) is 0 Å². The van der Waals surface area contributed by atoms with Gasteiger partial charge in [-0.25, -0.2) is 9.97 Å². The van der Waals surface area contributed by atoms with Gasteiger partial charge in [-0.3, -0.25) is 0 Å². The molecule has 2 rings (SSSR count). The van der Waals surface area contributed by atoms with Crippen molar-refractivity contribution in [2.75, 3.05) is 0 Å². The van der Waals surface area contributed by atoms with Crippen molar-refractivity contribution in [2.45, 2.75) is 0 Å². The lowest BCUT2D eigenvalue weighted by Gasteiger charge is -1.89. The fraction of sp³-hybridized carbons (Fsp3) is 0. The van der Waals surface area contributed by atoms with Crippen LogP contribution in [0, 0.1) is 12.4 Å². The highest BCUT2D eigenvalue weighted by Gasteiger charge is 1.89. The van der Waals surface area contributed by atoms with Crippen LogP contribution in [-0.4, -0.2) is 9.97 Å². The maximum atomic E-state index is 3.97. The standard InChI is InChI=1S/C8H4N2/c1-3-7-8(9-5-1)4-2-6-10-7/h1-4H. The molecule has 0 aromatic carbocycles. The van der Waals surface area contributed by atoms with Crippen molar-refractivity contribution < 1.29 is 0 Å². The number of aromatic nitrogens is 2. The molecule has 0 saturated carbocycles. The van der Waals surface area contributed by atoms with E-state index >= 15 is 0 Å². The molecule has 0 atom stereocenters. The third-order valence-electron chi connectivity index (χ3n) is 1.26. The minimum Gasteiger partial charge on any atom is -0.245 e. The van der Waals surface area contributed by atoms with Crippen LogP contribution in [0.5, 0.6) is 0 Å². The highest BCUT2D eigenvalue weighted by Crippen LogP contribution is 2.03. The summed E-state index contributed by atoms with van der Waals surface area (Å²) >= 11 is 0. The van der Waals surface area contributed by atoms with Crippen molar-refractivity contribution in [2.24, 2.45) is 0 Å². The fourth-order valence-corrected chi connectivity index (χ4v) is 0.806. The van der Waals surface area contributed by atoms with E-state index in [-0.39, 0.29) is 0 Å². The van der Waals surface area contributed by atoms with E-state index in [0.717, 1.165) is 11.0 Å². The van der Waals surface area contributed by atoms with Gasteiger partial charge in [0.15, 0.2) is 0 Å². The van der Waals surface area contributed by atoms with E-state index in [9.17, 15) is 0 Å². The molecule has 2 heterocycles. The van der Waals surface area contributed by atoms with Gasteiger partial charge in [-0.05, 0) is 24.3 Å². The first-order valence-corrected chi connectivity index (χ1v) is 2.97. The maximum absolute atomic E-state index is 3.97. The molecule has 0 aliphatic carbocycles. The molecule has 2 aromatic heterocycles. The summed E-state index contributed by atoms with van der Waals surface area (Å²) in [7, 11) is 0. The number of hydrogen-bond acceptors (Lipinski definition) is 2. The average Bonchev–Trinajstić information content (AvgIpc) is 2.05. The topological polar surface area (TPSA) is 25.8 Å². The van der Waals surface area contributed by atoms with Crippen molar-refractivity contribution in [3.8, 4) is 0 Å². The zero-order chi connectivity index (χ0) is 6.81. The van der Waals surface area contributed by atoms with Crippen molar-refractivity contribution >= 4 is 11.0 Å². The zero-order valence-corrected chi connectivity index (χ0v) is 5.20. The van der Waals surface area contributed by atoms with E-state index in [0.29, 0.717) is 0 Å². The first kappa shape index (κ1) is 5.35. The number of rotatable bonds is 0. The third kappa shape index (κ3) is 0.739. The Hall–Kier alpha value is -1.44. The van der Waals surface area contributed by atoms with E-state index in [4.69, 9.17) is 0 Å². The maximum Gasteiger partial charge on any atom is 0.0895 e.